The van der Waals surface area contributed by atoms with Crippen molar-refractivity contribution >= 4 is 5.97 Å². The predicted molar refractivity (Wildman–Crippen MR) is 50.6 cm³/mol. The molecule has 1 rings (SSSR count). The molecule has 14 heavy (non-hydrogen) atoms. The number of carbonyl (C=O) groups excluding carboxylic acids is 1. The van der Waals surface area contributed by atoms with Gasteiger partial charge in [0.1, 0.15) is 0 Å². The van der Waals surface area contributed by atoms with Crippen LogP contribution in [0.25, 0.3) is 0 Å². The Morgan fingerprint density at radius 2 is 2.14 bits per heavy atom. The van der Waals surface area contributed by atoms with Gasteiger partial charge in [-0.2, -0.15) is 4.73 Å². The number of esters is 1. The Balaban J connectivity index is 2.48. The highest BCUT2D eigenvalue weighted by Gasteiger charge is 2.07. The van der Waals surface area contributed by atoms with Gasteiger partial charge in [0.2, 0.25) is 0 Å². The number of rotatable bonds is 4. The monoisotopic (exact) mass is 195 g/mol. The Morgan fingerprint density at radius 3 is 2.71 bits per heavy atom. The molecule has 0 N–H and O–H groups in total. The van der Waals surface area contributed by atoms with Crippen molar-refractivity contribution < 1.29 is 14.3 Å². The lowest BCUT2D eigenvalue weighted by atomic mass is 10.3. The number of hydrogen-bond acceptors (Lipinski definition) is 3. The third kappa shape index (κ3) is 3.05. The third-order valence-corrected chi connectivity index (χ3v) is 1.77. The van der Waals surface area contributed by atoms with E-state index >= 15 is 0 Å². The second-order valence-electron chi connectivity index (χ2n) is 2.94. The molecule has 4 heteroatoms. The van der Waals surface area contributed by atoms with Crippen molar-refractivity contribution in [2.45, 2.75) is 19.8 Å². The Kier molecular flexibility index (Phi) is 3.91. The van der Waals surface area contributed by atoms with Crippen molar-refractivity contribution in [1.82, 2.24) is 0 Å². The number of nitrogens with zero attached hydrogens (tertiary/aromatic N) is 1. The lowest BCUT2D eigenvalue weighted by molar-refractivity contribution is -0.605. The highest BCUT2D eigenvalue weighted by atomic mass is 16.5. The van der Waals surface area contributed by atoms with E-state index in [-0.39, 0.29) is 5.97 Å². The summed E-state index contributed by atoms with van der Waals surface area (Å²) >= 11 is 0. The van der Waals surface area contributed by atoms with Crippen LogP contribution in [-0.2, 0) is 4.74 Å². The minimum atomic E-state index is -0.376. The number of aromatic nitrogens is 1. The molecule has 0 atom stereocenters. The number of ether oxygens (including phenoxy) is 1. The standard InChI is InChI=1S/C10H13NO3/c1-2-3-8-14-10(12)9-4-6-11(13)7-5-9/h4-7H,2-3,8H2,1H3. The van der Waals surface area contributed by atoms with Gasteiger partial charge in [-0.05, 0) is 6.42 Å². The smallest absolute Gasteiger partial charge is 0.338 e. The summed E-state index contributed by atoms with van der Waals surface area (Å²) in [5, 5.41) is 10.7. The first-order valence-electron chi connectivity index (χ1n) is 4.60. The molecule has 0 unspecified atom stereocenters. The summed E-state index contributed by atoms with van der Waals surface area (Å²) in [7, 11) is 0. The molecule has 76 valence electrons. The van der Waals surface area contributed by atoms with Crippen LogP contribution in [0.2, 0.25) is 0 Å². The lowest BCUT2D eigenvalue weighted by Crippen LogP contribution is -2.24. The normalized spacial score (nSPS) is 9.79. The van der Waals surface area contributed by atoms with Crippen LogP contribution in [0.1, 0.15) is 30.1 Å². The van der Waals surface area contributed by atoms with Crippen molar-refractivity contribution in [2.75, 3.05) is 6.61 Å². The molecule has 0 aliphatic heterocycles. The summed E-state index contributed by atoms with van der Waals surface area (Å²) in [6, 6.07) is 2.89. The molecule has 0 aliphatic carbocycles. The van der Waals surface area contributed by atoms with Crippen molar-refractivity contribution in [2.24, 2.45) is 0 Å². The minimum absolute atomic E-state index is 0.376. The summed E-state index contributed by atoms with van der Waals surface area (Å²) < 4.78 is 5.59. The average Bonchev–Trinajstić information content (AvgIpc) is 2.19. The second-order valence-corrected chi connectivity index (χ2v) is 2.94. The highest BCUT2D eigenvalue weighted by Crippen LogP contribution is 1.99. The van der Waals surface area contributed by atoms with Gasteiger partial charge in [0, 0.05) is 12.1 Å². The maximum absolute atomic E-state index is 11.3. The predicted octanol–water partition coefficient (Wildman–Crippen LogP) is 1.28. The van der Waals surface area contributed by atoms with Gasteiger partial charge in [0.05, 0.1) is 12.2 Å². The van der Waals surface area contributed by atoms with E-state index in [2.05, 4.69) is 0 Å². The third-order valence-electron chi connectivity index (χ3n) is 1.77. The van der Waals surface area contributed by atoms with Gasteiger partial charge >= 0.3 is 5.97 Å². The topological polar surface area (TPSA) is 53.2 Å². The van der Waals surface area contributed by atoms with Crippen molar-refractivity contribution in [3.8, 4) is 0 Å². The second kappa shape index (κ2) is 5.21. The summed E-state index contributed by atoms with van der Waals surface area (Å²) in [5.41, 5.74) is 0.410. The number of pyridine rings is 1. The SMILES string of the molecule is CCCCOC(=O)c1cc[n+]([O-])cc1. The van der Waals surface area contributed by atoms with Crippen LogP contribution in [0.3, 0.4) is 0 Å². The Bertz CT molecular complexity index is 295. The van der Waals surface area contributed by atoms with Crippen LogP contribution in [-0.4, -0.2) is 12.6 Å². The fourth-order valence-corrected chi connectivity index (χ4v) is 0.941. The zero-order valence-corrected chi connectivity index (χ0v) is 8.10. The van der Waals surface area contributed by atoms with Crippen LogP contribution < -0.4 is 4.73 Å². The summed E-state index contributed by atoms with van der Waals surface area (Å²) in [6.45, 7) is 2.46. The van der Waals surface area contributed by atoms with Crippen LogP contribution in [0.15, 0.2) is 24.5 Å². The summed E-state index contributed by atoms with van der Waals surface area (Å²) in [5.74, 6) is -0.376. The number of carbonyl (C=O) groups is 1. The zero-order valence-electron chi connectivity index (χ0n) is 8.10. The van der Waals surface area contributed by atoms with Crippen molar-refractivity contribution in [3.63, 3.8) is 0 Å². The van der Waals surface area contributed by atoms with E-state index in [0.29, 0.717) is 16.9 Å². The lowest BCUT2D eigenvalue weighted by Gasteiger charge is -2.02. The average molecular weight is 195 g/mol. The van der Waals surface area contributed by atoms with Gasteiger partial charge < -0.3 is 9.94 Å². The molecular weight excluding hydrogens is 182 g/mol. The molecule has 0 saturated heterocycles. The maximum atomic E-state index is 11.3. The molecule has 1 aromatic rings. The first kappa shape index (κ1) is 10.5. The van der Waals surface area contributed by atoms with E-state index in [1.54, 1.807) is 0 Å². The molecule has 1 heterocycles. The van der Waals surface area contributed by atoms with Gasteiger partial charge in [0.15, 0.2) is 12.4 Å². The molecule has 0 bridgehead atoms. The van der Waals surface area contributed by atoms with Gasteiger partial charge in [-0.15, -0.1) is 0 Å². The van der Waals surface area contributed by atoms with E-state index in [1.165, 1.54) is 24.5 Å². The van der Waals surface area contributed by atoms with Gasteiger partial charge in [0.25, 0.3) is 0 Å². The molecule has 0 spiro atoms. The first-order valence-corrected chi connectivity index (χ1v) is 4.60. The number of hydrogen-bond donors (Lipinski definition) is 0. The fourth-order valence-electron chi connectivity index (χ4n) is 0.941. The van der Waals surface area contributed by atoms with E-state index < -0.39 is 0 Å². The van der Waals surface area contributed by atoms with Crippen molar-refractivity contribution in [1.29, 1.82) is 0 Å². The molecule has 1 aromatic heterocycles. The zero-order chi connectivity index (χ0) is 10.4. The number of unbranched alkanes of at least 4 members (excludes halogenated alkanes) is 1. The molecule has 4 nitrogen and oxygen atoms in total. The van der Waals surface area contributed by atoms with Crippen molar-refractivity contribution in [3.05, 3.63) is 35.3 Å². The Morgan fingerprint density at radius 1 is 1.50 bits per heavy atom. The molecule has 0 radical (unpaired) electrons. The molecule has 0 amide bonds. The molecule has 0 fully saturated rings. The fraction of sp³-hybridized carbons (Fsp3) is 0.400. The highest BCUT2D eigenvalue weighted by molar-refractivity contribution is 5.88. The Labute approximate surface area is 82.7 Å². The van der Waals surface area contributed by atoms with E-state index in [0.717, 1.165) is 12.8 Å². The maximum Gasteiger partial charge on any atom is 0.338 e. The van der Waals surface area contributed by atoms with Gasteiger partial charge in [-0.1, -0.05) is 13.3 Å². The van der Waals surface area contributed by atoms with E-state index in [9.17, 15) is 10.0 Å². The van der Waals surface area contributed by atoms with E-state index in [1.807, 2.05) is 6.92 Å². The van der Waals surface area contributed by atoms with Crippen LogP contribution in [0.4, 0.5) is 0 Å². The van der Waals surface area contributed by atoms with Crippen LogP contribution >= 0.6 is 0 Å². The summed E-state index contributed by atoms with van der Waals surface area (Å²) in [6.07, 6.45) is 4.40. The molecular formula is C10H13NO3. The quantitative estimate of drug-likeness (QED) is 0.315. The van der Waals surface area contributed by atoms with E-state index in [4.69, 9.17) is 4.74 Å². The van der Waals surface area contributed by atoms with Crippen LogP contribution in [0, 0.1) is 5.21 Å². The van der Waals surface area contributed by atoms with Crippen LogP contribution in [0.5, 0.6) is 0 Å². The minimum Gasteiger partial charge on any atom is -0.619 e. The largest absolute Gasteiger partial charge is 0.619 e. The summed E-state index contributed by atoms with van der Waals surface area (Å²) in [4.78, 5) is 11.3. The molecule has 0 saturated carbocycles. The van der Waals surface area contributed by atoms with Gasteiger partial charge in [-0.3, -0.25) is 0 Å². The molecule has 0 aromatic carbocycles. The van der Waals surface area contributed by atoms with Gasteiger partial charge in [-0.25, -0.2) is 4.79 Å². The molecule has 0 aliphatic rings. The Hall–Kier alpha value is -1.58. The first-order chi connectivity index (χ1) is 6.74.